The normalized spacial score (nSPS) is 26.3. The second kappa shape index (κ2) is 7.88. The fourth-order valence-electron chi connectivity index (χ4n) is 3.21. The van der Waals surface area contributed by atoms with Gasteiger partial charge in [0.25, 0.3) is 0 Å². The summed E-state index contributed by atoms with van der Waals surface area (Å²) in [5.41, 5.74) is -0.490. The van der Waals surface area contributed by atoms with Crippen molar-refractivity contribution in [2.75, 3.05) is 13.1 Å². The first kappa shape index (κ1) is 16.5. The van der Waals surface area contributed by atoms with Gasteiger partial charge in [-0.2, -0.15) is 0 Å². The minimum Gasteiger partial charge on any atom is -0.481 e. The molecule has 0 amide bonds. The largest absolute Gasteiger partial charge is 0.481 e. The summed E-state index contributed by atoms with van der Waals surface area (Å²) >= 11 is 0. The molecule has 0 saturated carbocycles. The molecule has 0 aromatic carbocycles. The van der Waals surface area contributed by atoms with Crippen molar-refractivity contribution in [3.8, 4) is 0 Å². The fraction of sp³-hybridized carbons (Fsp3) is 0.938. The van der Waals surface area contributed by atoms with Crippen molar-refractivity contribution in [2.45, 2.75) is 78.2 Å². The fourth-order valence-corrected chi connectivity index (χ4v) is 3.21. The lowest BCUT2D eigenvalue weighted by atomic mass is 9.77. The smallest absolute Gasteiger partial charge is 0.310 e. The summed E-state index contributed by atoms with van der Waals surface area (Å²) in [4.78, 5) is 14.0. The van der Waals surface area contributed by atoms with Crippen molar-refractivity contribution in [3.05, 3.63) is 0 Å². The molecule has 19 heavy (non-hydrogen) atoms. The minimum atomic E-state index is -0.599. The maximum absolute atomic E-state index is 11.5. The van der Waals surface area contributed by atoms with Crippen LogP contribution in [0.2, 0.25) is 0 Å². The summed E-state index contributed by atoms with van der Waals surface area (Å²) in [6, 6.07) is 0.530. The van der Waals surface area contributed by atoms with Crippen molar-refractivity contribution in [2.24, 2.45) is 5.41 Å². The third-order valence-corrected chi connectivity index (χ3v) is 4.84. The summed E-state index contributed by atoms with van der Waals surface area (Å²) in [5.74, 6) is -0.599. The Hall–Kier alpha value is -0.570. The van der Waals surface area contributed by atoms with E-state index in [2.05, 4.69) is 18.7 Å². The number of carboxylic acid groups (broad SMARTS) is 1. The van der Waals surface area contributed by atoms with Crippen LogP contribution in [0.1, 0.15) is 72.1 Å². The first-order chi connectivity index (χ1) is 9.05. The Labute approximate surface area is 118 Å². The van der Waals surface area contributed by atoms with Crippen molar-refractivity contribution in [1.29, 1.82) is 0 Å². The molecule has 0 bridgehead atoms. The molecule has 1 N–H and O–H groups in total. The van der Waals surface area contributed by atoms with E-state index in [1.54, 1.807) is 0 Å². The molecule has 0 aromatic heterocycles. The molecule has 1 aliphatic rings. The number of unbranched alkanes of at least 4 members (excludes halogenated alkanes) is 3. The highest BCUT2D eigenvalue weighted by Crippen LogP contribution is 2.35. The highest BCUT2D eigenvalue weighted by atomic mass is 16.4. The van der Waals surface area contributed by atoms with Gasteiger partial charge in [-0.25, -0.2) is 0 Å². The number of rotatable bonds is 8. The third-order valence-electron chi connectivity index (χ3n) is 4.84. The number of piperidine rings is 1. The van der Waals surface area contributed by atoms with Crippen LogP contribution in [0.4, 0.5) is 0 Å². The third kappa shape index (κ3) is 4.48. The van der Waals surface area contributed by atoms with Crippen LogP contribution < -0.4 is 0 Å². The molecule has 0 aromatic rings. The van der Waals surface area contributed by atoms with E-state index in [4.69, 9.17) is 0 Å². The number of carbonyl (C=O) groups is 1. The molecule has 0 aliphatic carbocycles. The molecular weight excluding hydrogens is 238 g/mol. The Morgan fingerprint density at radius 3 is 2.63 bits per heavy atom. The topological polar surface area (TPSA) is 40.5 Å². The Morgan fingerprint density at radius 2 is 2.05 bits per heavy atom. The molecule has 1 fully saturated rings. The number of aliphatic carboxylic acids is 1. The Morgan fingerprint density at radius 1 is 1.32 bits per heavy atom. The van der Waals surface area contributed by atoms with E-state index in [0.717, 1.165) is 32.4 Å². The van der Waals surface area contributed by atoms with E-state index in [1.165, 1.54) is 32.1 Å². The maximum atomic E-state index is 11.5. The lowest BCUT2D eigenvalue weighted by Gasteiger charge is -2.42. The summed E-state index contributed by atoms with van der Waals surface area (Å²) in [5, 5.41) is 9.51. The van der Waals surface area contributed by atoms with Crippen molar-refractivity contribution in [3.63, 3.8) is 0 Å². The Balaban J connectivity index is 2.47. The van der Waals surface area contributed by atoms with Crippen molar-refractivity contribution in [1.82, 2.24) is 4.90 Å². The molecule has 3 heteroatoms. The molecule has 1 aliphatic heterocycles. The molecule has 112 valence electrons. The van der Waals surface area contributed by atoms with Crippen LogP contribution in [0.5, 0.6) is 0 Å². The molecule has 0 radical (unpaired) electrons. The molecular formula is C16H31NO2. The second-order valence-electron chi connectivity index (χ2n) is 6.21. The first-order valence-corrected chi connectivity index (χ1v) is 8.03. The number of carboxylic acids is 1. The quantitative estimate of drug-likeness (QED) is 0.679. The van der Waals surface area contributed by atoms with Gasteiger partial charge in [-0.15, -0.1) is 0 Å². The van der Waals surface area contributed by atoms with Crippen LogP contribution in [0.15, 0.2) is 0 Å². The molecule has 1 heterocycles. The lowest BCUT2D eigenvalue weighted by Crippen LogP contribution is -2.50. The van der Waals surface area contributed by atoms with Crippen molar-refractivity contribution < 1.29 is 9.90 Å². The molecule has 2 unspecified atom stereocenters. The molecule has 1 saturated heterocycles. The van der Waals surface area contributed by atoms with Gasteiger partial charge in [0.05, 0.1) is 5.41 Å². The number of hydrogen-bond donors (Lipinski definition) is 1. The van der Waals surface area contributed by atoms with E-state index < -0.39 is 11.4 Å². The number of likely N-dealkylation sites (tertiary alicyclic amines) is 1. The lowest BCUT2D eigenvalue weighted by molar-refractivity contribution is -0.153. The van der Waals surface area contributed by atoms with Gasteiger partial charge in [0, 0.05) is 12.6 Å². The molecule has 2 atom stereocenters. The van der Waals surface area contributed by atoms with Gasteiger partial charge < -0.3 is 5.11 Å². The standard InChI is InChI=1S/C16H31NO2/c1-4-6-7-8-10-14(3)17-12-9-11-16(5-2,13-17)15(18)19/h14H,4-13H2,1-3H3,(H,18,19). The summed E-state index contributed by atoms with van der Waals surface area (Å²) < 4.78 is 0. The minimum absolute atomic E-state index is 0.490. The molecule has 1 rings (SSSR count). The van der Waals surface area contributed by atoms with E-state index in [-0.39, 0.29) is 0 Å². The predicted molar refractivity (Wildman–Crippen MR) is 79.4 cm³/mol. The monoisotopic (exact) mass is 269 g/mol. The SMILES string of the molecule is CCCCCCC(C)N1CCCC(CC)(C(=O)O)C1. The molecule has 3 nitrogen and oxygen atoms in total. The van der Waals surface area contributed by atoms with Crippen LogP contribution in [-0.2, 0) is 4.79 Å². The van der Waals surface area contributed by atoms with Gasteiger partial charge in [0.1, 0.15) is 0 Å². The summed E-state index contributed by atoms with van der Waals surface area (Å²) in [6.07, 6.45) is 9.01. The maximum Gasteiger partial charge on any atom is 0.310 e. The summed E-state index contributed by atoms with van der Waals surface area (Å²) in [6.45, 7) is 8.33. The highest BCUT2D eigenvalue weighted by molar-refractivity contribution is 5.75. The highest BCUT2D eigenvalue weighted by Gasteiger charge is 2.41. The van der Waals surface area contributed by atoms with Gasteiger partial charge in [-0.05, 0) is 39.2 Å². The van der Waals surface area contributed by atoms with E-state index >= 15 is 0 Å². The van der Waals surface area contributed by atoms with E-state index in [1.807, 2.05) is 6.92 Å². The average Bonchev–Trinajstić information content (AvgIpc) is 2.43. The van der Waals surface area contributed by atoms with Crippen LogP contribution in [0, 0.1) is 5.41 Å². The Bertz CT molecular complexity index is 280. The number of hydrogen-bond acceptors (Lipinski definition) is 2. The Kier molecular flexibility index (Phi) is 6.84. The van der Waals surface area contributed by atoms with E-state index in [0.29, 0.717) is 6.04 Å². The zero-order chi connectivity index (χ0) is 14.3. The second-order valence-corrected chi connectivity index (χ2v) is 6.21. The van der Waals surface area contributed by atoms with Gasteiger partial charge in [-0.3, -0.25) is 9.69 Å². The van der Waals surface area contributed by atoms with Gasteiger partial charge in [0.15, 0.2) is 0 Å². The van der Waals surface area contributed by atoms with Crippen LogP contribution >= 0.6 is 0 Å². The summed E-state index contributed by atoms with van der Waals surface area (Å²) in [7, 11) is 0. The van der Waals surface area contributed by atoms with Crippen LogP contribution in [0.3, 0.4) is 0 Å². The predicted octanol–water partition coefficient (Wildman–Crippen LogP) is 3.92. The first-order valence-electron chi connectivity index (χ1n) is 8.03. The molecule has 0 spiro atoms. The number of nitrogens with zero attached hydrogens (tertiary/aromatic N) is 1. The zero-order valence-electron chi connectivity index (χ0n) is 13.0. The van der Waals surface area contributed by atoms with Crippen LogP contribution in [0.25, 0.3) is 0 Å². The van der Waals surface area contributed by atoms with E-state index in [9.17, 15) is 9.90 Å². The average molecular weight is 269 g/mol. The van der Waals surface area contributed by atoms with Gasteiger partial charge in [-0.1, -0.05) is 39.5 Å². The van der Waals surface area contributed by atoms with Crippen molar-refractivity contribution >= 4 is 5.97 Å². The van der Waals surface area contributed by atoms with Crippen LogP contribution in [-0.4, -0.2) is 35.1 Å². The van der Waals surface area contributed by atoms with Gasteiger partial charge >= 0.3 is 5.97 Å². The van der Waals surface area contributed by atoms with Gasteiger partial charge in [0.2, 0.25) is 0 Å². The zero-order valence-corrected chi connectivity index (χ0v) is 13.0.